The number of aliphatic hydroxyl groups is 1. The fraction of sp³-hybridized carbons (Fsp3) is 0.647. The maximum Gasteiger partial charge on any atom is 0.123 e. The Morgan fingerprint density at radius 3 is 2.81 bits per heavy atom. The van der Waals surface area contributed by atoms with Gasteiger partial charge >= 0.3 is 0 Å². The number of nitrogen functional groups attached to an aromatic ring is 1. The van der Waals surface area contributed by atoms with Crippen molar-refractivity contribution >= 4 is 5.69 Å². The highest BCUT2D eigenvalue weighted by atomic mass is 19.1. The van der Waals surface area contributed by atoms with Crippen LogP contribution in [-0.4, -0.2) is 17.3 Å². The van der Waals surface area contributed by atoms with Crippen LogP contribution in [0.1, 0.15) is 56.6 Å². The lowest BCUT2D eigenvalue weighted by molar-refractivity contribution is -0.134. The molecule has 4 heteroatoms. The largest absolute Gasteiger partial charge is 0.398 e. The number of aliphatic hydroxyl groups excluding tert-OH is 1. The van der Waals surface area contributed by atoms with E-state index in [0.717, 1.165) is 25.7 Å². The zero-order valence-corrected chi connectivity index (χ0v) is 12.4. The van der Waals surface area contributed by atoms with E-state index in [1.807, 2.05) is 0 Å². The van der Waals surface area contributed by atoms with Gasteiger partial charge in [0.1, 0.15) is 5.82 Å². The predicted molar refractivity (Wildman–Crippen MR) is 80.3 cm³/mol. The number of halogens is 1. The summed E-state index contributed by atoms with van der Waals surface area (Å²) in [6, 6.07) is 4.23. The molecule has 1 heterocycles. The van der Waals surface area contributed by atoms with Gasteiger partial charge in [0.15, 0.2) is 0 Å². The van der Waals surface area contributed by atoms with E-state index >= 15 is 0 Å². The van der Waals surface area contributed by atoms with Crippen molar-refractivity contribution in [3.05, 3.63) is 29.6 Å². The van der Waals surface area contributed by atoms with Crippen LogP contribution in [0.25, 0.3) is 0 Å². The molecular weight excluding hydrogens is 269 g/mol. The van der Waals surface area contributed by atoms with E-state index in [0.29, 0.717) is 17.9 Å². The number of hydrogen-bond donors (Lipinski definition) is 2. The van der Waals surface area contributed by atoms with Crippen LogP contribution in [0, 0.1) is 11.7 Å². The Bertz CT molecular complexity index is 494. The fourth-order valence-electron chi connectivity index (χ4n) is 3.94. The quantitative estimate of drug-likeness (QED) is 0.820. The van der Waals surface area contributed by atoms with Crippen molar-refractivity contribution in [2.75, 3.05) is 12.3 Å². The maximum absolute atomic E-state index is 13.4. The Hall–Kier alpha value is -1.13. The van der Waals surface area contributed by atoms with Gasteiger partial charge in [0.2, 0.25) is 0 Å². The van der Waals surface area contributed by atoms with Gasteiger partial charge in [-0.1, -0.05) is 19.3 Å². The summed E-state index contributed by atoms with van der Waals surface area (Å²) >= 11 is 0. The number of benzene rings is 1. The molecule has 0 radical (unpaired) electrons. The molecule has 2 fully saturated rings. The van der Waals surface area contributed by atoms with Gasteiger partial charge in [0, 0.05) is 17.9 Å². The Balaban J connectivity index is 1.77. The van der Waals surface area contributed by atoms with Crippen molar-refractivity contribution in [1.29, 1.82) is 0 Å². The molecule has 2 unspecified atom stereocenters. The van der Waals surface area contributed by atoms with Crippen molar-refractivity contribution in [2.24, 2.45) is 5.92 Å². The van der Waals surface area contributed by atoms with E-state index in [-0.39, 0.29) is 17.3 Å². The number of rotatable bonds is 2. The van der Waals surface area contributed by atoms with Gasteiger partial charge < -0.3 is 15.6 Å². The first-order valence-electron chi connectivity index (χ1n) is 7.97. The zero-order valence-electron chi connectivity index (χ0n) is 12.4. The molecule has 1 aliphatic heterocycles. The molecule has 116 valence electrons. The Kier molecular flexibility index (Phi) is 4.18. The molecule has 2 atom stereocenters. The van der Waals surface area contributed by atoms with Crippen LogP contribution in [0.3, 0.4) is 0 Å². The Morgan fingerprint density at radius 1 is 1.29 bits per heavy atom. The minimum absolute atomic E-state index is 0.0652. The third-order valence-corrected chi connectivity index (χ3v) is 5.11. The highest BCUT2D eigenvalue weighted by Crippen LogP contribution is 2.44. The van der Waals surface area contributed by atoms with Crippen molar-refractivity contribution < 1.29 is 14.2 Å². The summed E-state index contributed by atoms with van der Waals surface area (Å²) in [5.74, 6) is -0.251. The standard InChI is InChI=1S/C17H24FNO2/c18-13-4-5-15(19)14(10-13)16(20)12-6-9-21-17(11-12)7-2-1-3-8-17/h4-5,10,12,16,20H,1-3,6-9,11,19H2. The van der Waals surface area contributed by atoms with Crippen molar-refractivity contribution in [1.82, 2.24) is 0 Å². The number of nitrogens with two attached hydrogens (primary N) is 1. The van der Waals surface area contributed by atoms with Crippen molar-refractivity contribution in [2.45, 2.75) is 56.7 Å². The molecule has 1 saturated carbocycles. The molecule has 0 bridgehead atoms. The van der Waals surface area contributed by atoms with Crippen LogP contribution in [0.5, 0.6) is 0 Å². The average molecular weight is 293 g/mol. The highest BCUT2D eigenvalue weighted by molar-refractivity contribution is 5.48. The van der Waals surface area contributed by atoms with Crippen molar-refractivity contribution in [3.63, 3.8) is 0 Å². The first-order chi connectivity index (χ1) is 10.1. The number of hydrogen-bond acceptors (Lipinski definition) is 3. The van der Waals surface area contributed by atoms with Gasteiger partial charge in [-0.3, -0.25) is 0 Å². The van der Waals surface area contributed by atoms with Gasteiger partial charge in [-0.15, -0.1) is 0 Å². The molecule has 1 aromatic rings. The third-order valence-electron chi connectivity index (χ3n) is 5.11. The molecule has 3 nitrogen and oxygen atoms in total. The van der Waals surface area contributed by atoms with E-state index in [1.165, 1.54) is 37.5 Å². The minimum Gasteiger partial charge on any atom is -0.398 e. The number of anilines is 1. The molecule has 1 aliphatic carbocycles. The second-order valence-electron chi connectivity index (χ2n) is 6.56. The predicted octanol–water partition coefficient (Wildman–Crippen LogP) is 3.57. The normalized spacial score (nSPS) is 26.7. The molecule has 3 N–H and O–H groups in total. The monoisotopic (exact) mass is 293 g/mol. The molecule has 1 aromatic carbocycles. The van der Waals surface area contributed by atoms with E-state index in [4.69, 9.17) is 10.5 Å². The lowest BCUT2D eigenvalue weighted by Crippen LogP contribution is -2.42. The zero-order chi connectivity index (χ0) is 14.9. The molecule has 2 aliphatic rings. The van der Waals surface area contributed by atoms with Crippen LogP contribution in [0.2, 0.25) is 0 Å². The third kappa shape index (κ3) is 3.06. The van der Waals surface area contributed by atoms with E-state index in [2.05, 4.69) is 0 Å². The van der Waals surface area contributed by atoms with E-state index in [9.17, 15) is 9.50 Å². The first-order valence-corrected chi connectivity index (χ1v) is 7.97. The molecule has 0 amide bonds. The summed E-state index contributed by atoms with van der Waals surface area (Å²) in [6.45, 7) is 0.678. The smallest absolute Gasteiger partial charge is 0.123 e. The van der Waals surface area contributed by atoms with Crippen LogP contribution in [0.4, 0.5) is 10.1 Å². The summed E-state index contributed by atoms with van der Waals surface area (Å²) in [7, 11) is 0. The second kappa shape index (κ2) is 5.93. The molecule has 3 rings (SSSR count). The van der Waals surface area contributed by atoms with Gasteiger partial charge in [0.25, 0.3) is 0 Å². The summed E-state index contributed by atoms with van der Waals surface area (Å²) < 4.78 is 19.5. The second-order valence-corrected chi connectivity index (χ2v) is 6.56. The van der Waals surface area contributed by atoms with Gasteiger partial charge in [-0.25, -0.2) is 4.39 Å². The summed E-state index contributed by atoms with van der Waals surface area (Å²) in [5, 5.41) is 10.7. The Labute approximate surface area is 125 Å². The summed E-state index contributed by atoms with van der Waals surface area (Å²) in [4.78, 5) is 0. The SMILES string of the molecule is Nc1ccc(F)cc1C(O)C1CCOC2(CCCCC2)C1. The topological polar surface area (TPSA) is 55.5 Å². The minimum atomic E-state index is -0.705. The molecule has 21 heavy (non-hydrogen) atoms. The Morgan fingerprint density at radius 2 is 2.05 bits per heavy atom. The van der Waals surface area contributed by atoms with Crippen molar-refractivity contribution in [3.8, 4) is 0 Å². The van der Waals surface area contributed by atoms with Crippen LogP contribution < -0.4 is 5.73 Å². The van der Waals surface area contributed by atoms with Gasteiger partial charge in [-0.05, 0) is 49.8 Å². The van der Waals surface area contributed by atoms with Gasteiger partial charge in [-0.2, -0.15) is 0 Å². The lowest BCUT2D eigenvalue weighted by atomic mass is 9.73. The maximum atomic E-state index is 13.4. The molecule has 1 saturated heterocycles. The molecule has 0 aromatic heterocycles. The molecular formula is C17H24FNO2. The van der Waals surface area contributed by atoms with E-state index < -0.39 is 6.10 Å². The lowest BCUT2D eigenvalue weighted by Gasteiger charge is -2.44. The first kappa shape index (κ1) is 14.8. The molecule has 1 spiro atoms. The van der Waals surface area contributed by atoms with Crippen LogP contribution >= 0.6 is 0 Å². The van der Waals surface area contributed by atoms with Crippen LogP contribution in [0.15, 0.2) is 18.2 Å². The van der Waals surface area contributed by atoms with E-state index in [1.54, 1.807) is 0 Å². The van der Waals surface area contributed by atoms with Crippen LogP contribution in [-0.2, 0) is 4.74 Å². The highest BCUT2D eigenvalue weighted by Gasteiger charge is 2.41. The number of ether oxygens (including phenoxy) is 1. The average Bonchev–Trinajstić information content (AvgIpc) is 2.50. The summed E-state index contributed by atoms with van der Waals surface area (Å²) in [6.07, 6.45) is 6.78. The van der Waals surface area contributed by atoms with Gasteiger partial charge in [0.05, 0.1) is 11.7 Å². The summed E-state index contributed by atoms with van der Waals surface area (Å²) in [5.41, 5.74) is 6.83. The fourth-order valence-corrected chi connectivity index (χ4v) is 3.94.